The topological polar surface area (TPSA) is 82.5 Å². The largest absolute Gasteiger partial charge is 0.462 e. The number of aromatic nitrogens is 2. The fourth-order valence-electron chi connectivity index (χ4n) is 2.93. The van der Waals surface area contributed by atoms with Crippen LogP contribution in [0.15, 0.2) is 12.3 Å². The van der Waals surface area contributed by atoms with E-state index in [1.165, 1.54) is 16.0 Å². The number of fused-ring (bicyclic) bond motifs is 1. The Morgan fingerprint density at radius 1 is 1.36 bits per heavy atom. The maximum absolute atomic E-state index is 12.5. The number of rotatable bonds is 6. The van der Waals surface area contributed by atoms with Crippen LogP contribution < -0.4 is 5.32 Å². The van der Waals surface area contributed by atoms with Crippen LogP contribution in [0.5, 0.6) is 0 Å². The van der Waals surface area contributed by atoms with E-state index < -0.39 is 0 Å². The maximum atomic E-state index is 12.5. The van der Waals surface area contributed by atoms with Crippen molar-refractivity contribution in [2.24, 2.45) is 0 Å². The number of hydrogen-bond acceptors (Lipinski definition) is 6. The van der Waals surface area contributed by atoms with Gasteiger partial charge in [-0.1, -0.05) is 0 Å². The summed E-state index contributed by atoms with van der Waals surface area (Å²) >= 11 is 1.46. The molecule has 0 atom stereocenters. The van der Waals surface area contributed by atoms with E-state index in [1.807, 2.05) is 0 Å². The summed E-state index contributed by atoms with van der Waals surface area (Å²) in [6, 6.07) is 1.62. The van der Waals surface area contributed by atoms with Crippen molar-refractivity contribution < 1.29 is 19.1 Å². The predicted molar refractivity (Wildman–Crippen MR) is 94.1 cm³/mol. The summed E-state index contributed by atoms with van der Waals surface area (Å²) in [6.07, 6.45) is 5.60. The number of carbonyl (C=O) groups excluding carboxylic acids is 2. The molecule has 8 heteroatoms. The lowest BCUT2D eigenvalue weighted by Crippen LogP contribution is -2.16. The zero-order valence-electron chi connectivity index (χ0n) is 14.3. The minimum absolute atomic E-state index is 0.272. The van der Waals surface area contributed by atoms with E-state index >= 15 is 0 Å². The molecule has 3 rings (SSSR count). The van der Waals surface area contributed by atoms with Gasteiger partial charge in [-0.15, -0.1) is 11.3 Å². The molecule has 1 N–H and O–H groups in total. The minimum Gasteiger partial charge on any atom is -0.462 e. The lowest BCUT2D eigenvalue weighted by atomic mass is 9.95. The average Bonchev–Trinajstić information content (AvgIpc) is 3.19. The van der Waals surface area contributed by atoms with Crippen molar-refractivity contribution in [3.05, 3.63) is 34.0 Å². The number of hydrogen-bond donors (Lipinski definition) is 1. The molecular weight excluding hydrogens is 342 g/mol. The summed E-state index contributed by atoms with van der Waals surface area (Å²) < 4.78 is 11.7. The molecule has 2 aromatic rings. The van der Waals surface area contributed by atoms with E-state index in [-0.39, 0.29) is 24.3 Å². The smallest absolute Gasteiger partial charge is 0.341 e. The third-order valence-corrected chi connectivity index (χ3v) is 5.22. The highest BCUT2D eigenvalue weighted by molar-refractivity contribution is 7.17. The highest BCUT2D eigenvalue weighted by atomic mass is 32.1. The Labute approximate surface area is 149 Å². The van der Waals surface area contributed by atoms with Crippen LogP contribution in [0.4, 0.5) is 5.00 Å². The molecule has 1 aliphatic carbocycles. The molecule has 2 aromatic heterocycles. The third kappa shape index (κ3) is 3.74. The van der Waals surface area contributed by atoms with Crippen LogP contribution >= 0.6 is 11.3 Å². The Bertz CT molecular complexity index is 781. The Kier molecular flexibility index (Phi) is 5.50. The van der Waals surface area contributed by atoms with Gasteiger partial charge >= 0.3 is 5.97 Å². The quantitative estimate of drug-likeness (QED) is 0.798. The number of nitrogens with zero attached hydrogens (tertiary/aromatic N) is 2. The second kappa shape index (κ2) is 7.79. The number of esters is 1. The Morgan fingerprint density at radius 2 is 2.16 bits per heavy atom. The van der Waals surface area contributed by atoms with Crippen LogP contribution in [-0.4, -0.2) is 35.4 Å². The molecule has 7 nitrogen and oxygen atoms in total. The molecule has 134 valence electrons. The fraction of sp³-hybridized carbons (Fsp3) is 0.471. The normalized spacial score (nSPS) is 13.4. The number of ether oxygens (including phenoxy) is 2. The number of anilines is 1. The van der Waals surface area contributed by atoms with Gasteiger partial charge in [-0.2, -0.15) is 5.10 Å². The van der Waals surface area contributed by atoms with Gasteiger partial charge in [-0.3, -0.25) is 4.79 Å². The van der Waals surface area contributed by atoms with Crippen molar-refractivity contribution >= 4 is 28.2 Å². The number of carbonyl (C=O) groups is 2. The van der Waals surface area contributed by atoms with E-state index in [2.05, 4.69) is 10.4 Å². The van der Waals surface area contributed by atoms with Crippen LogP contribution in [0.1, 0.15) is 51.1 Å². The monoisotopic (exact) mass is 363 g/mol. The summed E-state index contributed by atoms with van der Waals surface area (Å²) in [5.74, 6) is -0.721. The van der Waals surface area contributed by atoms with Gasteiger partial charge in [0.25, 0.3) is 5.91 Å². The highest BCUT2D eigenvalue weighted by Crippen LogP contribution is 2.38. The summed E-state index contributed by atoms with van der Waals surface area (Å²) in [6.45, 7) is 2.35. The van der Waals surface area contributed by atoms with Gasteiger partial charge in [0.05, 0.1) is 12.2 Å². The second-order valence-electron chi connectivity index (χ2n) is 5.75. The molecule has 0 unspecified atom stereocenters. The first-order valence-electron chi connectivity index (χ1n) is 8.29. The molecule has 0 aliphatic heterocycles. The van der Waals surface area contributed by atoms with Crippen molar-refractivity contribution in [3.8, 4) is 0 Å². The van der Waals surface area contributed by atoms with E-state index in [0.717, 1.165) is 36.1 Å². The number of amides is 1. The lowest BCUT2D eigenvalue weighted by Gasteiger charge is -2.12. The molecule has 0 saturated heterocycles. The molecule has 0 fully saturated rings. The molecular formula is C17H21N3O4S. The number of methoxy groups -OCH3 is 1. The van der Waals surface area contributed by atoms with Crippen LogP contribution in [-0.2, 0) is 29.0 Å². The van der Waals surface area contributed by atoms with Gasteiger partial charge < -0.3 is 14.8 Å². The van der Waals surface area contributed by atoms with Crippen LogP contribution in [0.25, 0.3) is 0 Å². The van der Waals surface area contributed by atoms with Crippen LogP contribution in [0.2, 0.25) is 0 Å². The van der Waals surface area contributed by atoms with E-state index in [4.69, 9.17) is 9.47 Å². The predicted octanol–water partition coefficient (Wildman–Crippen LogP) is 2.86. The van der Waals surface area contributed by atoms with E-state index in [9.17, 15) is 9.59 Å². The first kappa shape index (κ1) is 17.6. The summed E-state index contributed by atoms with van der Waals surface area (Å²) in [7, 11) is 1.56. The summed E-state index contributed by atoms with van der Waals surface area (Å²) in [5.41, 5.74) is 1.80. The van der Waals surface area contributed by atoms with Crippen molar-refractivity contribution in [1.29, 1.82) is 0 Å². The second-order valence-corrected chi connectivity index (χ2v) is 6.85. The molecule has 1 amide bonds. The van der Waals surface area contributed by atoms with Crippen molar-refractivity contribution in [1.82, 2.24) is 9.78 Å². The molecule has 0 aromatic carbocycles. The number of nitrogens with one attached hydrogen (secondary N) is 1. The molecule has 2 heterocycles. The molecule has 0 saturated carbocycles. The molecule has 0 radical (unpaired) electrons. The molecule has 0 spiro atoms. The standard InChI is InChI=1S/C17H21N3O4S/c1-3-24-17(22)14-11-6-4-5-7-13(11)25-16(14)18-15(21)12-8-9-20(19-12)10-23-2/h8-9H,3-7,10H2,1-2H3,(H,18,21). The van der Waals surface area contributed by atoms with E-state index in [1.54, 1.807) is 26.3 Å². The van der Waals surface area contributed by atoms with Gasteiger partial charge in [-0.25, -0.2) is 9.48 Å². The maximum Gasteiger partial charge on any atom is 0.341 e. The van der Waals surface area contributed by atoms with Crippen LogP contribution in [0, 0.1) is 0 Å². The summed E-state index contributed by atoms with van der Waals surface area (Å²) in [4.78, 5) is 26.1. The fourth-order valence-corrected chi connectivity index (χ4v) is 4.20. The van der Waals surface area contributed by atoms with E-state index in [0.29, 0.717) is 17.2 Å². The number of thiophene rings is 1. The van der Waals surface area contributed by atoms with Crippen molar-refractivity contribution in [3.63, 3.8) is 0 Å². The highest BCUT2D eigenvalue weighted by Gasteiger charge is 2.27. The SMILES string of the molecule is CCOC(=O)c1c(NC(=O)c2ccn(COC)n2)sc2c1CCCC2. The zero-order valence-corrected chi connectivity index (χ0v) is 15.1. The molecule has 0 bridgehead atoms. The van der Waals surface area contributed by atoms with Gasteiger partial charge in [0.2, 0.25) is 0 Å². The van der Waals surface area contributed by atoms with Crippen molar-refractivity contribution in [2.45, 2.75) is 39.3 Å². The Balaban J connectivity index is 1.86. The van der Waals surface area contributed by atoms with Crippen LogP contribution in [0.3, 0.4) is 0 Å². The minimum atomic E-state index is -0.373. The molecule has 1 aliphatic rings. The number of aryl methyl sites for hydroxylation is 1. The first-order chi connectivity index (χ1) is 12.1. The van der Waals surface area contributed by atoms with Gasteiger partial charge in [-0.05, 0) is 44.2 Å². The Hall–Kier alpha value is -2.19. The average molecular weight is 363 g/mol. The summed E-state index contributed by atoms with van der Waals surface area (Å²) in [5, 5.41) is 7.55. The third-order valence-electron chi connectivity index (χ3n) is 4.01. The van der Waals surface area contributed by atoms with Gasteiger partial charge in [0.15, 0.2) is 5.69 Å². The Morgan fingerprint density at radius 3 is 2.92 bits per heavy atom. The molecule has 25 heavy (non-hydrogen) atoms. The zero-order chi connectivity index (χ0) is 17.8. The first-order valence-corrected chi connectivity index (χ1v) is 9.11. The van der Waals surface area contributed by atoms with Crippen molar-refractivity contribution in [2.75, 3.05) is 19.0 Å². The lowest BCUT2D eigenvalue weighted by molar-refractivity contribution is 0.0526. The van der Waals surface area contributed by atoms with Gasteiger partial charge in [0, 0.05) is 18.2 Å². The van der Waals surface area contributed by atoms with Gasteiger partial charge in [0.1, 0.15) is 11.7 Å².